The van der Waals surface area contributed by atoms with Gasteiger partial charge in [-0.05, 0) is 35.7 Å². The third kappa shape index (κ3) is 3.78. The zero-order valence-electron chi connectivity index (χ0n) is 14.5. The number of carbonyl (C=O) groups is 1. The second kappa shape index (κ2) is 7.70. The lowest BCUT2D eigenvalue weighted by molar-refractivity contribution is 0.0746. The largest absolute Gasteiger partial charge is 0.345 e. The average Bonchev–Trinajstić information content (AvgIpc) is 3.23. The van der Waals surface area contributed by atoms with Crippen molar-refractivity contribution in [3.05, 3.63) is 82.9 Å². The van der Waals surface area contributed by atoms with Crippen molar-refractivity contribution in [3.63, 3.8) is 0 Å². The van der Waals surface area contributed by atoms with Crippen LogP contribution in [0.3, 0.4) is 0 Å². The van der Waals surface area contributed by atoms with Crippen molar-refractivity contribution in [1.29, 1.82) is 0 Å². The molecule has 1 fully saturated rings. The van der Waals surface area contributed by atoms with E-state index >= 15 is 0 Å². The molecular formula is C21H20N3OS. The number of amides is 1. The number of thiazole rings is 1. The minimum atomic E-state index is 0.104. The first-order valence-corrected chi connectivity index (χ1v) is 9.66. The Bertz CT molecular complexity index is 856. The standard InChI is InChI=1S/C21H20N3OS/c25-20(23-10-12-24(13-11-23)21-22-9-14-26-21)19-8-4-7-18(16-19)15-17-5-2-1-3-6-17/h1-6,8-9,14,16H,10-13,15H2. The molecule has 0 N–H and O–H groups in total. The van der Waals surface area contributed by atoms with Gasteiger partial charge in [-0.25, -0.2) is 4.98 Å². The maximum absolute atomic E-state index is 12.9. The van der Waals surface area contributed by atoms with Crippen molar-refractivity contribution in [2.75, 3.05) is 31.1 Å². The minimum Gasteiger partial charge on any atom is -0.345 e. The maximum atomic E-state index is 12.9. The molecule has 1 amide bonds. The van der Waals surface area contributed by atoms with Crippen LogP contribution in [-0.2, 0) is 6.42 Å². The Balaban J connectivity index is 1.41. The van der Waals surface area contributed by atoms with Gasteiger partial charge in [0.1, 0.15) is 0 Å². The first-order chi connectivity index (χ1) is 12.8. The molecule has 0 saturated carbocycles. The lowest BCUT2D eigenvalue weighted by Crippen LogP contribution is -2.48. The molecule has 2 aromatic carbocycles. The Morgan fingerprint density at radius 2 is 1.92 bits per heavy atom. The van der Waals surface area contributed by atoms with Crippen molar-refractivity contribution >= 4 is 22.4 Å². The third-order valence-electron chi connectivity index (χ3n) is 4.60. The average molecular weight is 362 g/mol. The van der Waals surface area contributed by atoms with Gasteiger partial charge in [-0.2, -0.15) is 0 Å². The van der Waals surface area contributed by atoms with Gasteiger partial charge in [-0.3, -0.25) is 4.79 Å². The van der Waals surface area contributed by atoms with Crippen LogP contribution in [-0.4, -0.2) is 42.0 Å². The van der Waals surface area contributed by atoms with Crippen molar-refractivity contribution in [3.8, 4) is 0 Å². The van der Waals surface area contributed by atoms with Crippen LogP contribution in [0.15, 0.2) is 60.1 Å². The van der Waals surface area contributed by atoms with Crippen molar-refractivity contribution in [2.45, 2.75) is 6.42 Å². The molecule has 2 heterocycles. The fraction of sp³-hybridized carbons (Fsp3) is 0.238. The summed E-state index contributed by atoms with van der Waals surface area (Å²) in [7, 11) is 0. The van der Waals surface area contributed by atoms with Gasteiger partial charge in [0.2, 0.25) is 0 Å². The summed E-state index contributed by atoms with van der Waals surface area (Å²) in [5.41, 5.74) is 3.02. The Morgan fingerprint density at radius 1 is 1.12 bits per heavy atom. The lowest BCUT2D eigenvalue weighted by Gasteiger charge is -2.34. The molecule has 1 aromatic heterocycles. The topological polar surface area (TPSA) is 36.4 Å². The molecule has 3 aromatic rings. The molecule has 1 aliphatic heterocycles. The highest BCUT2D eigenvalue weighted by molar-refractivity contribution is 7.13. The molecule has 0 bridgehead atoms. The molecule has 0 unspecified atom stereocenters. The molecule has 131 valence electrons. The van der Waals surface area contributed by atoms with Crippen molar-refractivity contribution in [2.24, 2.45) is 0 Å². The van der Waals surface area contributed by atoms with Crippen LogP contribution >= 0.6 is 11.3 Å². The van der Waals surface area contributed by atoms with Crippen LogP contribution in [0.1, 0.15) is 21.5 Å². The van der Waals surface area contributed by atoms with Crippen LogP contribution in [0.4, 0.5) is 5.13 Å². The van der Waals surface area contributed by atoms with Gasteiger partial charge >= 0.3 is 0 Å². The highest BCUT2D eigenvalue weighted by Crippen LogP contribution is 2.20. The van der Waals surface area contributed by atoms with E-state index in [2.05, 4.69) is 28.1 Å². The van der Waals surface area contributed by atoms with E-state index in [9.17, 15) is 4.79 Å². The van der Waals surface area contributed by atoms with E-state index in [1.54, 1.807) is 11.3 Å². The predicted molar refractivity (Wildman–Crippen MR) is 105 cm³/mol. The van der Waals surface area contributed by atoms with E-state index in [0.717, 1.165) is 48.9 Å². The van der Waals surface area contributed by atoms with Gasteiger partial charge in [-0.15, -0.1) is 11.3 Å². The fourth-order valence-corrected chi connectivity index (χ4v) is 3.92. The molecule has 4 rings (SSSR count). The van der Waals surface area contributed by atoms with Crippen LogP contribution in [0, 0.1) is 6.07 Å². The smallest absolute Gasteiger partial charge is 0.253 e. The van der Waals surface area contributed by atoms with Crippen molar-refractivity contribution in [1.82, 2.24) is 9.88 Å². The first-order valence-electron chi connectivity index (χ1n) is 8.78. The number of nitrogens with zero attached hydrogens (tertiary/aromatic N) is 3. The van der Waals surface area contributed by atoms with E-state index in [0.29, 0.717) is 0 Å². The van der Waals surface area contributed by atoms with E-state index in [1.807, 2.05) is 52.9 Å². The van der Waals surface area contributed by atoms with Gasteiger partial charge in [0, 0.05) is 43.3 Å². The quantitative estimate of drug-likeness (QED) is 0.713. The number of rotatable bonds is 4. The molecule has 5 heteroatoms. The zero-order chi connectivity index (χ0) is 17.8. The van der Waals surface area contributed by atoms with Gasteiger partial charge in [0.05, 0.1) is 0 Å². The Hall–Kier alpha value is -2.66. The summed E-state index contributed by atoms with van der Waals surface area (Å²) in [6.45, 7) is 3.11. The Morgan fingerprint density at radius 3 is 2.65 bits per heavy atom. The van der Waals surface area contributed by atoms with Gasteiger partial charge in [-0.1, -0.05) is 36.4 Å². The number of piperazine rings is 1. The monoisotopic (exact) mass is 362 g/mol. The molecular weight excluding hydrogens is 342 g/mol. The summed E-state index contributed by atoms with van der Waals surface area (Å²) in [5.74, 6) is 0.104. The normalized spacial score (nSPS) is 14.5. The van der Waals surface area contributed by atoms with Gasteiger partial charge in [0.25, 0.3) is 5.91 Å². The molecule has 0 atom stereocenters. The number of hydrogen-bond acceptors (Lipinski definition) is 4. The van der Waals surface area contributed by atoms with Gasteiger partial charge < -0.3 is 9.80 Å². The molecule has 1 saturated heterocycles. The van der Waals surface area contributed by atoms with Crippen molar-refractivity contribution < 1.29 is 4.79 Å². The van der Waals surface area contributed by atoms with Crippen LogP contribution in [0.5, 0.6) is 0 Å². The van der Waals surface area contributed by atoms with Crippen LogP contribution in [0.25, 0.3) is 0 Å². The first kappa shape index (κ1) is 16.8. The molecule has 26 heavy (non-hydrogen) atoms. The summed E-state index contributed by atoms with van der Waals surface area (Å²) in [6, 6.07) is 19.2. The third-order valence-corrected chi connectivity index (χ3v) is 5.43. The molecule has 1 aliphatic rings. The number of anilines is 1. The Kier molecular flexibility index (Phi) is 4.97. The molecule has 1 radical (unpaired) electrons. The van der Waals surface area contributed by atoms with E-state index < -0.39 is 0 Å². The molecule has 0 spiro atoms. The summed E-state index contributed by atoms with van der Waals surface area (Å²) in [4.78, 5) is 21.4. The zero-order valence-corrected chi connectivity index (χ0v) is 15.3. The highest BCUT2D eigenvalue weighted by Gasteiger charge is 2.23. The molecule has 4 nitrogen and oxygen atoms in total. The summed E-state index contributed by atoms with van der Waals surface area (Å²) < 4.78 is 0. The van der Waals surface area contributed by atoms with E-state index in [-0.39, 0.29) is 5.91 Å². The second-order valence-corrected chi connectivity index (χ2v) is 7.23. The summed E-state index contributed by atoms with van der Waals surface area (Å²) >= 11 is 1.65. The van der Waals surface area contributed by atoms with Crippen LogP contribution in [0.2, 0.25) is 0 Å². The Labute approximate surface area is 157 Å². The second-order valence-electron chi connectivity index (χ2n) is 6.36. The number of hydrogen-bond donors (Lipinski definition) is 0. The summed E-state index contributed by atoms with van der Waals surface area (Å²) in [5, 5.41) is 3.03. The number of carbonyl (C=O) groups excluding carboxylic acids is 1. The lowest BCUT2D eigenvalue weighted by atomic mass is 10.0. The van der Waals surface area contributed by atoms with E-state index in [4.69, 9.17) is 0 Å². The van der Waals surface area contributed by atoms with Crippen LogP contribution < -0.4 is 4.90 Å². The SMILES string of the molecule is O=C(c1cc[c]c(Cc2ccccc2)c1)N1CCN(c2nccs2)CC1. The predicted octanol–water partition coefficient (Wildman–Crippen LogP) is 3.50. The van der Waals surface area contributed by atoms with Gasteiger partial charge in [0.15, 0.2) is 5.13 Å². The fourth-order valence-electron chi connectivity index (χ4n) is 3.22. The summed E-state index contributed by atoms with van der Waals surface area (Å²) in [6.07, 6.45) is 2.62. The number of aromatic nitrogens is 1. The highest BCUT2D eigenvalue weighted by atomic mass is 32.1. The number of benzene rings is 2. The maximum Gasteiger partial charge on any atom is 0.253 e. The minimum absolute atomic E-state index is 0.104. The van der Waals surface area contributed by atoms with E-state index in [1.165, 1.54) is 5.56 Å². The molecule has 0 aliphatic carbocycles.